The number of rotatable bonds is 3. The molecular formula is C11H11Cl2N5O. The third-order valence-corrected chi connectivity index (χ3v) is 3.13. The highest BCUT2D eigenvalue weighted by molar-refractivity contribution is 6.42. The van der Waals surface area contributed by atoms with Crippen molar-refractivity contribution in [1.82, 2.24) is 20.1 Å². The maximum Gasteiger partial charge on any atom is 0.319 e. The number of hydrogen-bond donors (Lipinski definition) is 2. The number of amides is 2. The molecule has 2 aromatic rings. The van der Waals surface area contributed by atoms with E-state index in [9.17, 15) is 4.79 Å². The van der Waals surface area contributed by atoms with Crippen LogP contribution in [-0.4, -0.2) is 20.8 Å². The summed E-state index contributed by atoms with van der Waals surface area (Å²) in [5.41, 5.74) is 0.560. The Balaban J connectivity index is 1.91. The Morgan fingerprint density at radius 3 is 2.79 bits per heavy atom. The van der Waals surface area contributed by atoms with Crippen LogP contribution < -0.4 is 10.6 Å². The highest BCUT2D eigenvalue weighted by atomic mass is 35.5. The van der Waals surface area contributed by atoms with Crippen LogP contribution in [0.4, 0.5) is 10.5 Å². The van der Waals surface area contributed by atoms with Crippen molar-refractivity contribution in [1.29, 1.82) is 0 Å². The van der Waals surface area contributed by atoms with E-state index in [1.807, 2.05) is 0 Å². The molecule has 0 aliphatic carbocycles. The number of halogens is 2. The molecule has 0 fully saturated rings. The SMILES string of the molecule is Cn1cnnc1CNC(=O)Nc1ccc(Cl)c(Cl)c1. The van der Waals surface area contributed by atoms with E-state index in [1.165, 1.54) is 0 Å². The summed E-state index contributed by atoms with van der Waals surface area (Å²) in [6.07, 6.45) is 1.56. The maximum atomic E-state index is 11.7. The molecule has 6 nitrogen and oxygen atoms in total. The molecule has 100 valence electrons. The molecule has 1 aromatic heterocycles. The minimum Gasteiger partial charge on any atom is -0.331 e. The molecule has 0 bridgehead atoms. The third kappa shape index (κ3) is 3.59. The summed E-state index contributed by atoms with van der Waals surface area (Å²) in [5, 5.41) is 13.7. The van der Waals surface area contributed by atoms with E-state index in [-0.39, 0.29) is 12.6 Å². The van der Waals surface area contributed by atoms with Gasteiger partial charge in [-0.2, -0.15) is 0 Å². The zero-order valence-corrected chi connectivity index (χ0v) is 11.5. The molecule has 2 amide bonds. The predicted molar refractivity (Wildman–Crippen MR) is 73.3 cm³/mol. The highest BCUT2D eigenvalue weighted by Gasteiger charge is 2.06. The van der Waals surface area contributed by atoms with Crippen LogP contribution in [0.15, 0.2) is 24.5 Å². The van der Waals surface area contributed by atoms with Gasteiger partial charge < -0.3 is 15.2 Å². The van der Waals surface area contributed by atoms with Crippen LogP contribution in [0.2, 0.25) is 10.0 Å². The van der Waals surface area contributed by atoms with E-state index >= 15 is 0 Å². The fourth-order valence-corrected chi connectivity index (χ4v) is 1.67. The largest absolute Gasteiger partial charge is 0.331 e. The van der Waals surface area contributed by atoms with Gasteiger partial charge in [0.05, 0.1) is 16.6 Å². The molecule has 1 heterocycles. The molecule has 0 aliphatic heterocycles. The number of aryl methyl sites for hydroxylation is 1. The Morgan fingerprint density at radius 2 is 2.16 bits per heavy atom. The normalized spacial score (nSPS) is 10.3. The second kappa shape index (κ2) is 5.90. The van der Waals surface area contributed by atoms with Gasteiger partial charge in [-0.25, -0.2) is 4.79 Å². The van der Waals surface area contributed by atoms with Gasteiger partial charge >= 0.3 is 6.03 Å². The molecule has 0 saturated heterocycles. The molecule has 0 radical (unpaired) electrons. The summed E-state index contributed by atoms with van der Waals surface area (Å²) in [7, 11) is 1.80. The Morgan fingerprint density at radius 1 is 1.37 bits per heavy atom. The van der Waals surface area contributed by atoms with Crippen LogP contribution in [0, 0.1) is 0 Å². The van der Waals surface area contributed by atoms with Crippen molar-refractivity contribution in [2.75, 3.05) is 5.32 Å². The van der Waals surface area contributed by atoms with Crippen LogP contribution in [0.5, 0.6) is 0 Å². The van der Waals surface area contributed by atoms with Crippen LogP contribution in [-0.2, 0) is 13.6 Å². The van der Waals surface area contributed by atoms with Crippen LogP contribution in [0.1, 0.15) is 5.82 Å². The first-order valence-corrected chi connectivity index (χ1v) is 6.14. The quantitative estimate of drug-likeness (QED) is 0.914. The van der Waals surface area contributed by atoms with Crippen molar-refractivity contribution in [2.45, 2.75) is 6.54 Å². The lowest BCUT2D eigenvalue weighted by Crippen LogP contribution is -2.29. The smallest absolute Gasteiger partial charge is 0.319 e. The highest BCUT2D eigenvalue weighted by Crippen LogP contribution is 2.24. The summed E-state index contributed by atoms with van der Waals surface area (Å²) >= 11 is 11.6. The number of benzene rings is 1. The van der Waals surface area contributed by atoms with Gasteiger partial charge in [-0.1, -0.05) is 23.2 Å². The summed E-state index contributed by atoms with van der Waals surface area (Å²) in [6.45, 7) is 0.281. The second-order valence-corrected chi connectivity index (χ2v) is 4.61. The lowest BCUT2D eigenvalue weighted by atomic mass is 10.3. The second-order valence-electron chi connectivity index (χ2n) is 3.79. The monoisotopic (exact) mass is 299 g/mol. The van der Waals surface area contributed by atoms with Gasteiger partial charge in [-0.05, 0) is 18.2 Å². The molecule has 2 rings (SSSR count). The number of anilines is 1. The zero-order chi connectivity index (χ0) is 13.8. The minimum atomic E-state index is -0.360. The lowest BCUT2D eigenvalue weighted by Gasteiger charge is -2.08. The van der Waals surface area contributed by atoms with E-state index in [0.717, 1.165) is 0 Å². The fourth-order valence-electron chi connectivity index (χ4n) is 1.38. The van der Waals surface area contributed by atoms with Gasteiger partial charge in [0.2, 0.25) is 0 Å². The summed E-state index contributed by atoms with van der Waals surface area (Å²) in [4.78, 5) is 11.7. The Bertz CT molecular complexity index is 599. The van der Waals surface area contributed by atoms with Crippen LogP contribution in [0.3, 0.4) is 0 Å². The number of urea groups is 1. The van der Waals surface area contributed by atoms with Crippen molar-refractivity contribution in [3.05, 3.63) is 40.4 Å². The molecule has 0 saturated carbocycles. The molecule has 19 heavy (non-hydrogen) atoms. The molecule has 0 atom stereocenters. The summed E-state index contributed by atoms with van der Waals surface area (Å²) in [5.74, 6) is 0.657. The van der Waals surface area contributed by atoms with Gasteiger partial charge in [-0.15, -0.1) is 10.2 Å². The molecule has 0 aliphatic rings. The third-order valence-electron chi connectivity index (χ3n) is 2.39. The molecule has 1 aromatic carbocycles. The van der Waals surface area contributed by atoms with Gasteiger partial charge in [0.1, 0.15) is 6.33 Å². The maximum absolute atomic E-state index is 11.7. The van der Waals surface area contributed by atoms with Gasteiger partial charge in [0, 0.05) is 12.7 Å². The Kier molecular flexibility index (Phi) is 4.24. The predicted octanol–water partition coefficient (Wildman–Crippen LogP) is 2.44. The fraction of sp³-hybridized carbons (Fsp3) is 0.182. The average molecular weight is 300 g/mol. The van der Waals surface area contributed by atoms with Crippen LogP contribution in [0.25, 0.3) is 0 Å². The molecule has 0 spiro atoms. The molecule has 0 unspecified atom stereocenters. The van der Waals surface area contributed by atoms with Crippen molar-refractivity contribution in [3.63, 3.8) is 0 Å². The topological polar surface area (TPSA) is 71.8 Å². The minimum absolute atomic E-state index is 0.281. The number of hydrogen-bond acceptors (Lipinski definition) is 3. The first-order chi connectivity index (χ1) is 9.06. The van der Waals surface area contributed by atoms with Gasteiger partial charge in [0.15, 0.2) is 5.82 Å². The van der Waals surface area contributed by atoms with Crippen LogP contribution >= 0.6 is 23.2 Å². The number of carbonyl (C=O) groups excluding carboxylic acids is 1. The molecule has 8 heteroatoms. The number of aromatic nitrogens is 3. The summed E-state index contributed by atoms with van der Waals surface area (Å²) < 4.78 is 1.72. The number of carbonyl (C=O) groups is 1. The van der Waals surface area contributed by atoms with E-state index in [0.29, 0.717) is 21.6 Å². The first-order valence-electron chi connectivity index (χ1n) is 5.39. The van der Waals surface area contributed by atoms with E-state index in [1.54, 1.807) is 36.1 Å². The van der Waals surface area contributed by atoms with Crippen molar-refractivity contribution in [3.8, 4) is 0 Å². The van der Waals surface area contributed by atoms with Crippen molar-refractivity contribution >= 4 is 34.9 Å². The molecular weight excluding hydrogens is 289 g/mol. The number of nitrogens with zero attached hydrogens (tertiary/aromatic N) is 3. The van der Waals surface area contributed by atoms with E-state index < -0.39 is 0 Å². The van der Waals surface area contributed by atoms with Crippen molar-refractivity contribution in [2.24, 2.45) is 7.05 Å². The zero-order valence-electron chi connectivity index (χ0n) is 10.0. The first kappa shape index (κ1) is 13.6. The van der Waals surface area contributed by atoms with Gasteiger partial charge in [-0.3, -0.25) is 0 Å². The van der Waals surface area contributed by atoms with E-state index in [2.05, 4.69) is 20.8 Å². The summed E-state index contributed by atoms with van der Waals surface area (Å²) in [6, 6.07) is 4.49. The average Bonchev–Trinajstić information content (AvgIpc) is 2.77. The standard InChI is InChI=1S/C11H11Cl2N5O/c1-18-6-15-17-10(18)5-14-11(19)16-7-2-3-8(12)9(13)4-7/h2-4,6H,5H2,1H3,(H2,14,16,19). The van der Waals surface area contributed by atoms with Crippen molar-refractivity contribution < 1.29 is 4.79 Å². The van der Waals surface area contributed by atoms with Gasteiger partial charge in [0.25, 0.3) is 0 Å². The Labute approximate surface area is 119 Å². The number of nitrogens with one attached hydrogen (secondary N) is 2. The molecule has 2 N–H and O–H groups in total. The Hall–Kier alpha value is -1.79. The van der Waals surface area contributed by atoms with E-state index in [4.69, 9.17) is 23.2 Å². The lowest BCUT2D eigenvalue weighted by molar-refractivity contribution is 0.251.